The molecule has 29 heavy (non-hydrogen) atoms. The Hall–Kier alpha value is -3.36. The number of aromatic nitrogens is 1. The standard InChI is InChI=1S/C20H24N2O7/c1-19(2,3)28-17(25)22(16(23)24)15-11-14(27-18(26)29-20(4,5)6)12-9-7-8-10-13(12)21-15/h7-11H,1-6H3,(H,23,24). The van der Waals surface area contributed by atoms with Crippen LogP contribution in [-0.2, 0) is 9.47 Å². The topological polar surface area (TPSA) is 115 Å². The Balaban J connectivity index is 2.52. The van der Waals surface area contributed by atoms with Crippen LogP contribution < -0.4 is 9.64 Å². The second kappa shape index (κ2) is 7.94. The van der Waals surface area contributed by atoms with Gasteiger partial charge in [-0.15, -0.1) is 0 Å². The lowest BCUT2D eigenvalue weighted by Gasteiger charge is -2.24. The fourth-order valence-electron chi connectivity index (χ4n) is 2.27. The Morgan fingerprint density at radius 3 is 2.10 bits per heavy atom. The molecule has 1 aromatic heterocycles. The molecule has 2 aromatic rings. The van der Waals surface area contributed by atoms with Crippen molar-refractivity contribution in [1.29, 1.82) is 0 Å². The molecule has 9 nitrogen and oxygen atoms in total. The summed E-state index contributed by atoms with van der Waals surface area (Å²) in [4.78, 5) is 40.8. The Labute approximate surface area is 168 Å². The van der Waals surface area contributed by atoms with E-state index in [0.29, 0.717) is 15.8 Å². The molecule has 0 bridgehead atoms. The van der Waals surface area contributed by atoms with Crippen LogP contribution in [0.25, 0.3) is 10.9 Å². The molecule has 0 aliphatic carbocycles. The molecular weight excluding hydrogens is 380 g/mol. The summed E-state index contributed by atoms with van der Waals surface area (Å²) in [5, 5.41) is 9.99. The maximum absolute atomic E-state index is 12.4. The number of anilines is 1. The number of para-hydroxylation sites is 1. The van der Waals surface area contributed by atoms with E-state index in [0.717, 1.165) is 0 Å². The van der Waals surface area contributed by atoms with Crippen molar-refractivity contribution in [2.45, 2.75) is 52.7 Å². The molecule has 0 atom stereocenters. The monoisotopic (exact) mass is 404 g/mol. The molecule has 9 heteroatoms. The van der Waals surface area contributed by atoms with Crippen molar-refractivity contribution in [3.05, 3.63) is 30.3 Å². The number of benzene rings is 1. The highest BCUT2D eigenvalue weighted by Crippen LogP contribution is 2.30. The summed E-state index contributed by atoms with van der Waals surface area (Å²) in [5.74, 6) is -0.279. The number of fused-ring (bicyclic) bond motifs is 1. The highest BCUT2D eigenvalue weighted by Gasteiger charge is 2.31. The van der Waals surface area contributed by atoms with Gasteiger partial charge >= 0.3 is 18.3 Å². The molecule has 1 heterocycles. The summed E-state index contributed by atoms with van der Waals surface area (Å²) in [7, 11) is 0. The van der Waals surface area contributed by atoms with Gasteiger partial charge in [0.2, 0.25) is 0 Å². The van der Waals surface area contributed by atoms with Gasteiger partial charge in [-0.1, -0.05) is 12.1 Å². The van der Waals surface area contributed by atoms with Gasteiger partial charge in [0.1, 0.15) is 17.0 Å². The van der Waals surface area contributed by atoms with E-state index in [9.17, 15) is 19.5 Å². The first-order chi connectivity index (χ1) is 13.3. The second-order valence-corrected chi connectivity index (χ2v) is 8.16. The minimum Gasteiger partial charge on any atom is -0.464 e. The molecule has 0 unspecified atom stereocenters. The molecule has 2 rings (SSSR count). The molecule has 0 aliphatic heterocycles. The average molecular weight is 404 g/mol. The molecule has 0 fully saturated rings. The van der Waals surface area contributed by atoms with Crippen molar-refractivity contribution in [2.24, 2.45) is 0 Å². The number of carbonyl (C=O) groups excluding carboxylic acids is 2. The maximum atomic E-state index is 12.4. The number of rotatable bonds is 2. The first-order valence-corrected chi connectivity index (χ1v) is 8.83. The summed E-state index contributed by atoms with van der Waals surface area (Å²) in [6.07, 6.45) is -3.69. The number of nitrogens with zero attached hydrogens (tertiary/aromatic N) is 2. The number of imide groups is 1. The van der Waals surface area contributed by atoms with Gasteiger partial charge in [0.15, 0.2) is 5.82 Å². The van der Waals surface area contributed by atoms with Gasteiger partial charge in [-0.3, -0.25) is 0 Å². The van der Waals surface area contributed by atoms with E-state index in [1.54, 1.807) is 65.8 Å². The molecule has 1 N–H and O–H groups in total. The lowest BCUT2D eigenvalue weighted by molar-refractivity contribution is 0.0209. The predicted octanol–water partition coefficient (Wildman–Crippen LogP) is 4.97. The fourth-order valence-corrected chi connectivity index (χ4v) is 2.27. The van der Waals surface area contributed by atoms with Crippen LogP contribution >= 0.6 is 0 Å². The van der Waals surface area contributed by atoms with Gasteiger partial charge < -0.3 is 19.3 Å². The molecule has 0 aliphatic rings. The van der Waals surface area contributed by atoms with E-state index in [-0.39, 0.29) is 11.6 Å². The third-order valence-corrected chi connectivity index (χ3v) is 3.24. The van der Waals surface area contributed by atoms with Crippen LogP contribution in [0.4, 0.5) is 20.2 Å². The molecule has 2 amide bonds. The van der Waals surface area contributed by atoms with Gasteiger partial charge in [0, 0.05) is 11.5 Å². The number of hydrogen-bond donors (Lipinski definition) is 1. The van der Waals surface area contributed by atoms with Crippen LogP contribution in [0.2, 0.25) is 0 Å². The van der Waals surface area contributed by atoms with Gasteiger partial charge in [-0.2, -0.15) is 4.90 Å². The largest absolute Gasteiger partial charge is 0.514 e. The molecule has 0 spiro atoms. The SMILES string of the molecule is CC(C)(C)OC(=O)Oc1cc(N(C(=O)O)C(=O)OC(C)(C)C)nc2ccccc12. The lowest BCUT2D eigenvalue weighted by atomic mass is 10.2. The lowest BCUT2D eigenvalue weighted by Crippen LogP contribution is -2.40. The Bertz CT molecular complexity index is 942. The van der Waals surface area contributed by atoms with Crippen molar-refractivity contribution >= 4 is 35.1 Å². The predicted molar refractivity (Wildman–Crippen MR) is 105 cm³/mol. The molecule has 156 valence electrons. The number of carboxylic acid groups (broad SMARTS) is 1. The van der Waals surface area contributed by atoms with Crippen LogP contribution in [-0.4, -0.2) is 39.6 Å². The van der Waals surface area contributed by atoms with Crippen molar-refractivity contribution in [1.82, 2.24) is 4.98 Å². The molecule has 0 saturated heterocycles. The van der Waals surface area contributed by atoms with E-state index in [2.05, 4.69) is 4.98 Å². The highest BCUT2D eigenvalue weighted by molar-refractivity contribution is 6.09. The van der Waals surface area contributed by atoms with Gasteiger partial charge in [-0.05, 0) is 53.7 Å². The Morgan fingerprint density at radius 2 is 1.55 bits per heavy atom. The van der Waals surface area contributed by atoms with Crippen LogP contribution in [0.15, 0.2) is 30.3 Å². The van der Waals surface area contributed by atoms with E-state index >= 15 is 0 Å². The van der Waals surface area contributed by atoms with Gasteiger partial charge in [0.05, 0.1) is 5.52 Å². The molecular formula is C20H24N2O7. The minimum atomic E-state index is -1.59. The number of carbonyl (C=O) groups is 3. The zero-order valence-electron chi connectivity index (χ0n) is 17.2. The van der Waals surface area contributed by atoms with Crippen molar-refractivity contribution in [3.8, 4) is 5.75 Å². The molecule has 0 saturated carbocycles. The zero-order chi connectivity index (χ0) is 22.0. The molecule has 0 radical (unpaired) electrons. The third kappa shape index (κ3) is 6.06. The van der Waals surface area contributed by atoms with Crippen LogP contribution in [0.1, 0.15) is 41.5 Å². The van der Waals surface area contributed by atoms with Crippen molar-refractivity contribution in [3.63, 3.8) is 0 Å². The summed E-state index contributed by atoms with van der Waals surface area (Å²) in [6.45, 7) is 9.86. The summed E-state index contributed by atoms with van der Waals surface area (Å²) >= 11 is 0. The van der Waals surface area contributed by atoms with E-state index < -0.39 is 29.5 Å². The quantitative estimate of drug-likeness (QED) is 0.698. The molecule has 1 aromatic carbocycles. The van der Waals surface area contributed by atoms with E-state index in [1.807, 2.05) is 0 Å². The number of ether oxygens (including phenoxy) is 3. The number of pyridine rings is 1. The van der Waals surface area contributed by atoms with Crippen LogP contribution in [0, 0.1) is 0 Å². The summed E-state index contributed by atoms with van der Waals surface area (Å²) < 4.78 is 15.6. The Morgan fingerprint density at radius 1 is 0.966 bits per heavy atom. The van der Waals surface area contributed by atoms with Crippen molar-refractivity contribution < 1.29 is 33.7 Å². The third-order valence-electron chi connectivity index (χ3n) is 3.24. The summed E-state index contributed by atoms with van der Waals surface area (Å²) in [6, 6.07) is 7.79. The average Bonchev–Trinajstić information content (AvgIpc) is 2.51. The highest BCUT2D eigenvalue weighted by atomic mass is 16.7. The van der Waals surface area contributed by atoms with Crippen molar-refractivity contribution in [2.75, 3.05) is 4.90 Å². The normalized spacial score (nSPS) is 11.7. The zero-order valence-corrected chi connectivity index (χ0v) is 17.2. The summed E-state index contributed by atoms with van der Waals surface area (Å²) in [5.41, 5.74) is -1.39. The Kier molecular flexibility index (Phi) is 6.01. The van der Waals surface area contributed by atoms with Gasteiger partial charge in [-0.25, -0.2) is 19.4 Å². The maximum Gasteiger partial charge on any atom is 0.514 e. The number of hydrogen-bond acceptors (Lipinski definition) is 7. The number of amides is 2. The van der Waals surface area contributed by atoms with Gasteiger partial charge in [0.25, 0.3) is 0 Å². The first-order valence-electron chi connectivity index (χ1n) is 8.83. The fraction of sp³-hybridized carbons (Fsp3) is 0.400. The van der Waals surface area contributed by atoms with Crippen LogP contribution in [0.5, 0.6) is 5.75 Å². The van der Waals surface area contributed by atoms with E-state index in [1.165, 1.54) is 6.07 Å². The second-order valence-electron chi connectivity index (χ2n) is 8.16. The minimum absolute atomic E-state index is 0.00495. The first kappa shape index (κ1) is 21.9. The smallest absolute Gasteiger partial charge is 0.464 e. The van der Waals surface area contributed by atoms with E-state index in [4.69, 9.17) is 14.2 Å². The van der Waals surface area contributed by atoms with Crippen LogP contribution in [0.3, 0.4) is 0 Å².